The van der Waals surface area contributed by atoms with Gasteiger partial charge in [-0.25, -0.2) is 9.18 Å². The van der Waals surface area contributed by atoms with Gasteiger partial charge in [-0.3, -0.25) is 4.79 Å². The van der Waals surface area contributed by atoms with Crippen LogP contribution in [0.2, 0.25) is 0 Å². The Balaban J connectivity index is 2.82. The third-order valence-electron chi connectivity index (χ3n) is 1.99. The van der Waals surface area contributed by atoms with E-state index in [1.54, 1.807) is 20.8 Å². The molecule has 0 unspecified atom stereocenters. The Labute approximate surface area is 110 Å². The Hall–Kier alpha value is -2.11. The van der Waals surface area contributed by atoms with Crippen molar-refractivity contribution >= 4 is 17.6 Å². The van der Waals surface area contributed by atoms with Crippen molar-refractivity contribution in [3.8, 4) is 5.75 Å². The van der Waals surface area contributed by atoms with Gasteiger partial charge in [0.05, 0.1) is 12.8 Å². The van der Waals surface area contributed by atoms with Crippen molar-refractivity contribution in [2.24, 2.45) is 0 Å². The van der Waals surface area contributed by atoms with Crippen LogP contribution in [0.25, 0.3) is 0 Å². The Morgan fingerprint density at radius 1 is 1.26 bits per heavy atom. The molecule has 0 aliphatic rings. The van der Waals surface area contributed by atoms with E-state index in [2.05, 4.69) is 5.32 Å². The Morgan fingerprint density at radius 2 is 1.89 bits per heavy atom. The molecule has 1 aromatic rings. The van der Waals surface area contributed by atoms with E-state index in [0.29, 0.717) is 0 Å². The van der Waals surface area contributed by atoms with Crippen molar-refractivity contribution in [1.82, 2.24) is 0 Å². The van der Waals surface area contributed by atoms with E-state index >= 15 is 0 Å². The zero-order valence-electron chi connectivity index (χ0n) is 11.2. The van der Waals surface area contributed by atoms with Crippen LogP contribution in [0.4, 0.5) is 10.1 Å². The average Bonchev–Trinajstić information content (AvgIpc) is 2.27. The van der Waals surface area contributed by atoms with Gasteiger partial charge in [0.15, 0.2) is 0 Å². The molecule has 1 rings (SSSR count). The topological polar surface area (TPSA) is 64.6 Å². The minimum absolute atomic E-state index is 0.0679. The molecule has 0 saturated heterocycles. The zero-order valence-corrected chi connectivity index (χ0v) is 11.2. The van der Waals surface area contributed by atoms with Crippen LogP contribution in [0, 0.1) is 5.82 Å². The summed E-state index contributed by atoms with van der Waals surface area (Å²) in [5, 5.41) is 2.25. The number of amides is 1. The molecule has 6 heteroatoms. The highest BCUT2D eigenvalue weighted by Gasteiger charge is 2.23. The molecule has 0 saturated carbocycles. The molecule has 1 amide bonds. The van der Waals surface area contributed by atoms with Crippen LogP contribution in [-0.2, 0) is 14.3 Å². The van der Waals surface area contributed by atoms with Crippen molar-refractivity contribution < 1.29 is 23.5 Å². The number of benzene rings is 1. The average molecular weight is 269 g/mol. The molecular weight excluding hydrogens is 253 g/mol. The van der Waals surface area contributed by atoms with Crippen LogP contribution in [0.1, 0.15) is 20.8 Å². The van der Waals surface area contributed by atoms with Crippen LogP contribution >= 0.6 is 0 Å². The highest BCUT2D eigenvalue weighted by Crippen LogP contribution is 2.24. The van der Waals surface area contributed by atoms with E-state index in [1.165, 1.54) is 19.2 Å². The van der Waals surface area contributed by atoms with E-state index in [-0.39, 0.29) is 11.4 Å². The molecule has 0 aliphatic carbocycles. The van der Waals surface area contributed by atoms with Gasteiger partial charge in [-0.15, -0.1) is 0 Å². The minimum atomic E-state index is -1.04. The number of nitrogens with one attached hydrogen (secondary N) is 1. The maximum atomic E-state index is 13.1. The fourth-order valence-electron chi connectivity index (χ4n) is 1.28. The molecule has 5 nitrogen and oxygen atoms in total. The monoisotopic (exact) mass is 269 g/mol. The zero-order chi connectivity index (χ0) is 14.6. The van der Waals surface area contributed by atoms with Gasteiger partial charge in [0.2, 0.25) is 0 Å². The summed E-state index contributed by atoms with van der Waals surface area (Å²) < 4.78 is 22.9. The standard InChI is InChI=1S/C13H16FNO4/c1-13(2,3)19-12(17)11(16)15-9-7-8(14)5-6-10(9)18-4/h5-7H,1-4H3,(H,15,16). The van der Waals surface area contributed by atoms with Crippen molar-refractivity contribution in [3.05, 3.63) is 24.0 Å². The van der Waals surface area contributed by atoms with Gasteiger partial charge in [0.25, 0.3) is 0 Å². The van der Waals surface area contributed by atoms with E-state index in [1.807, 2.05) is 0 Å². The summed E-state index contributed by atoms with van der Waals surface area (Å²) >= 11 is 0. The fraction of sp³-hybridized carbons (Fsp3) is 0.385. The largest absolute Gasteiger partial charge is 0.495 e. The number of hydrogen-bond donors (Lipinski definition) is 1. The second-order valence-corrected chi connectivity index (χ2v) is 4.80. The number of esters is 1. The second kappa shape index (κ2) is 5.69. The van der Waals surface area contributed by atoms with Gasteiger partial charge in [0.1, 0.15) is 17.2 Å². The van der Waals surface area contributed by atoms with Crippen LogP contribution in [0.15, 0.2) is 18.2 Å². The lowest BCUT2D eigenvalue weighted by Crippen LogP contribution is -2.32. The first kappa shape index (κ1) is 14.9. The molecule has 0 spiro atoms. The molecule has 1 N–H and O–H groups in total. The summed E-state index contributed by atoms with van der Waals surface area (Å²) in [4.78, 5) is 23.1. The Morgan fingerprint density at radius 3 is 2.42 bits per heavy atom. The van der Waals surface area contributed by atoms with Gasteiger partial charge in [-0.05, 0) is 32.9 Å². The first-order valence-electron chi connectivity index (χ1n) is 5.61. The second-order valence-electron chi connectivity index (χ2n) is 4.80. The number of carbonyl (C=O) groups excluding carboxylic acids is 2. The molecule has 0 aromatic heterocycles. The van der Waals surface area contributed by atoms with Crippen LogP contribution in [-0.4, -0.2) is 24.6 Å². The summed E-state index contributed by atoms with van der Waals surface area (Å²) in [7, 11) is 1.37. The number of methoxy groups -OCH3 is 1. The molecule has 104 valence electrons. The van der Waals surface area contributed by atoms with Crippen molar-refractivity contribution in [3.63, 3.8) is 0 Å². The predicted octanol–water partition coefficient (Wildman–Crippen LogP) is 2.11. The van der Waals surface area contributed by atoms with E-state index in [0.717, 1.165) is 6.07 Å². The number of hydrogen-bond acceptors (Lipinski definition) is 4. The van der Waals surface area contributed by atoms with E-state index in [9.17, 15) is 14.0 Å². The molecule has 19 heavy (non-hydrogen) atoms. The summed E-state index contributed by atoms with van der Waals surface area (Å²) in [5.41, 5.74) is -0.709. The van der Waals surface area contributed by atoms with Crippen molar-refractivity contribution in [1.29, 1.82) is 0 Å². The Kier molecular flexibility index (Phi) is 4.47. The quantitative estimate of drug-likeness (QED) is 0.659. The summed E-state index contributed by atoms with van der Waals surface area (Å²) in [6.07, 6.45) is 0. The van der Waals surface area contributed by atoms with Crippen LogP contribution < -0.4 is 10.1 Å². The van der Waals surface area contributed by atoms with Crippen molar-refractivity contribution in [2.45, 2.75) is 26.4 Å². The summed E-state index contributed by atoms with van der Waals surface area (Å²) in [6, 6.07) is 3.59. The lowest BCUT2D eigenvalue weighted by Gasteiger charge is -2.19. The fourth-order valence-corrected chi connectivity index (χ4v) is 1.28. The molecule has 1 aromatic carbocycles. The molecule has 0 bridgehead atoms. The number of ether oxygens (including phenoxy) is 2. The number of rotatable bonds is 2. The molecule has 0 heterocycles. The summed E-state index contributed by atoms with van der Waals surface area (Å²) in [6.45, 7) is 4.92. The molecule has 0 aliphatic heterocycles. The minimum Gasteiger partial charge on any atom is -0.495 e. The number of anilines is 1. The third kappa shape index (κ3) is 4.57. The van der Waals surface area contributed by atoms with Crippen LogP contribution in [0.3, 0.4) is 0 Å². The van der Waals surface area contributed by atoms with Crippen molar-refractivity contribution in [2.75, 3.05) is 12.4 Å². The number of carbonyl (C=O) groups is 2. The molecule has 0 fully saturated rings. The van der Waals surface area contributed by atoms with E-state index in [4.69, 9.17) is 9.47 Å². The lowest BCUT2D eigenvalue weighted by atomic mass is 10.2. The smallest absolute Gasteiger partial charge is 0.397 e. The van der Waals surface area contributed by atoms with E-state index < -0.39 is 23.3 Å². The maximum absolute atomic E-state index is 13.1. The molecule has 0 radical (unpaired) electrons. The van der Waals surface area contributed by atoms with Gasteiger partial charge >= 0.3 is 11.9 Å². The molecular formula is C13H16FNO4. The Bertz CT molecular complexity index is 494. The molecule has 0 atom stereocenters. The predicted molar refractivity (Wildman–Crippen MR) is 67.4 cm³/mol. The summed E-state index contributed by atoms with van der Waals surface area (Å²) in [5.74, 6) is -2.34. The van der Waals surface area contributed by atoms with Gasteiger partial charge in [-0.1, -0.05) is 0 Å². The van der Waals surface area contributed by atoms with Gasteiger partial charge < -0.3 is 14.8 Å². The first-order valence-corrected chi connectivity index (χ1v) is 5.61. The number of halogens is 1. The highest BCUT2D eigenvalue weighted by molar-refractivity contribution is 6.37. The highest BCUT2D eigenvalue weighted by atomic mass is 19.1. The van der Waals surface area contributed by atoms with Gasteiger partial charge in [0, 0.05) is 6.07 Å². The van der Waals surface area contributed by atoms with Crippen LogP contribution in [0.5, 0.6) is 5.75 Å². The lowest BCUT2D eigenvalue weighted by molar-refractivity contribution is -0.161. The SMILES string of the molecule is COc1ccc(F)cc1NC(=O)C(=O)OC(C)(C)C. The van der Waals surface area contributed by atoms with Gasteiger partial charge in [-0.2, -0.15) is 0 Å². The first-order chi connectivity index (χ1) is 8.73. The maximum Gasteiger partial charge on any atom is 0.397 e. The normalized spacial score (nSPS) is 10.8. The third-order valence-corrected chi connectivity index (χ3v) is 1.99.